The molecule has 0 unspecified atom stereocenters. The summed E-state index contributed by atoms with van der Waals surface area (Å²) >= 11 is 0. The number of nitrogens with one attached hydrogen (secondary N) is 2. The number of hydrogen-bond acceptors (Lipinski definition) is 5. The van der Waals surface area contributed by atoms with Crippen molar-refractivity contribution < 1.29 is 13.9 Å². The van der Waals surface area contributed by atoms with Crippen molar-refractivity contribution in [3.05, 3.63) is 29.8 Å². The molecular formula is C24H34FN5O2. The number of ether oxygens (including phenoxy) is 1. The number of fused-ring (bicyclic) bond motifs is 2. The Kier molecular flexibility index (Phi) is 6.18. The number of nitrogens with zero attached hydrogens (tertiary/aromatic N) is 3. The number of carbonyl (C=O) groups is 1. The van der Waals surface area contributed by atoms with Gasteiger partial charge in [-0.05, 0) is 62.9 Å². The van der Waals surface area contributed by atoms with Crippen LogP contribution >= 0.6 is 0 Å². The molecule has 0 radical (unpaired) electrons. The normalized spacial score (nSPS) is 29.7. The van der Waals surface area contributed by atoms with Crippen molar-refractivity contribution in [1.29, 1.82) is 0 Å². The molecule has 32 heavy (non-hydrogen) atoms. The first-order valence-electron chi connectivity index (χ1n) is 12.0. The highest BCUT2D eigenvalue weighted by atomic mass is 19.1. The Hall–Kier alpha value is -2.03. The van der Waals surface area contributed by atoms with Gasteiger partial charge >= 0.3 is 0 Å². The van der Waals surface area contributed by atoms with Gasteiger partial charge in [0.1, 0.15) is 11.6 Å². The Morgan fingerprint density at radius 1 is 1.31 bits per heavy atom. The molecule has 2 N–H and O–H groups in total. The molecule has 8 heteroatoms. The number of halogens is 1. The van der Waals surface area contributed by atoms with Gasteiger partial charge in [-0.2, -0.15) is 0 Å². The predicted molar refractivity (Wildman–Crippen MR) is 121 cm³/mol. The van der Waals surface area contributed by atoms with E-state index >= 15 is 0 Å². The third-order valence-electron chi connectivity index (χ3n) is 7.93. The molecule has 3 atom stereocenters. The molecule has 0 bridgehead atoms. The van der Waals surface area contributed by atoms with Crippen molar-refractivity contribution in [3.63, 3.8) is 0 Å². The fourth-order valence-corrected chi connectivity index (χ4v) is 6.09. The van der Waals surface area contributed by atoms with Gasteiger partial charge in [0.2, 0.25) is 5.91 Å². The number of amides is 1. The Morgan fingerprint density at radius 2 is 2.16 bits per heavy atom. The van der Waals surface area contributed by atoms with Crippen molar-refractivity contribution in [2.24, 2.45) is 11.3 Å². The predicted octanol–water partition coefficient (Wildman–Crippen LogP) is 2.53. The first-order chi connectivity index (χ1) is 15.6. The highest BCUT2D eigenvalue weighted by Gasteiger charge is 2.52. The van der Waals surface area contributed by atoms with Crippen LogP contribution in [0.5, 0.6) is 0 Å². The monoisotopic (exact) mass is 443 g/mol. The molecule has 2 aliphatic heterocycles. The minimum absolute atomic E-state index is 0.146. The summed E-state index contributed by atoms with van der Waals surface area (Å²) in [7, 11) is 0. The van der Waals surface area contributed by atoms with Crippen LogP contribution in [0, 0.1) is 17.2 Å². The van der Waals surface area contributed by atoms with Crippen molar-refractivity contribution in [1.82, 2.24) is 25.1 Å². The molecule has 3 heterocycles. The topological polar surface area (TPSA) is 73.5 Å². The smallest absolute Gasteiger partial charge is 0.228 e. The van der Waals surface area contributed by atoms with E-state index < -0.39 is 0 Å². The number of benzene rings is 1. The molecule has 7 nitrogen and oxygen atoms in total. The lowest BCUT2D eigenvalue weighted by atomic mass is 9.61. The zero-order chi connectivity index (χ0) is 22.1. The number of piperidine rings is 1. The average molecular weight is 444 g/mol. The van der Waals surface area contributed by atoms with Crippen LogP contribution in [0.3, 0.4) is 0 Å². The molecule has 174 valence electrons. The van der Waals surface area contributed by atoms with Gasteiger partial charge in [-0.25, -0.2) is 9.37 Å². The third kappa shape index (κ3) is 4.16. The van der Waals surface area contributed by atoms with E-state index in [0.717, 1.165) is 71.6 Å². The van der Waals surface area contributed by atoms with Gasteiger partial charge in [-0.1, -0.05) is 6.92 Å². The summed E-state index contributed by atoms with van der Waals surface area (Å²) in [5, 5.41) is 3.19. The second-order valence-electron chi connectivity index (χ2n) is 9.61. The van der Waals surface area contributed by atoms with Crippen LogP contribution in [-0.4, -0.2) is 77.7 Å². The zero-order valence-corrected chi connectivity index (χ0v) is 18.9. The Labute approximate surface area is 188 Å². The van der Waals surface area contributed by atoms with Crippen LogP contribution in [0.2, 0.25) is 0 Å². The summed E-state index contributed by atoms with van der Waals surface area (Å²) in [6, 6.07) is 5.07. The van der Waals surface area contributed by atoms with Crippen LogP contribution < -0.4 is 5.32 Å². The number of carbonyl (C=O) groups excluding carboxylic acids is 1. The maximum Gasteiger partial charge on any atom is 0.228 e. The first-order valence-corrected chi connectivity index (χ1v) is 12.0. The average Bonchev–Trinajstić information content (AvgIpc) is 3.24. The molecule has 1 aromatic heterocycles. The van der Waals surface area contributed by atoms with Gasteiger partial charge < -0.3 is 19.9 Å². The highest BCUT2D eigenvalue weighted by Crippen LogP contribution is 2.47. The van der Waals surface area contributed by atoms with Crippen molar-refractivity contribution in [2.75, 3.05) is 45.9 Å². The van der Waals surface area contributed by atoms with Crippen LogP contribution in [0.15, 0.2) is 18.2 Å². The third-order valence-corrected chi connectivity index (χ3v) is 7.93. The van der Waals surface area contributed by atoms with E-state index in [-0.39, 0.29) is 17.1 Å². The number of H-pyrrole nitrogens is 1. The SMILES string of the molecule is CCN1CC[C@@H]2C[C@@H](N3CCOCC3)CC[C@@]2(C(=O)NCc2nc3ccc(F)cc3[nH]2)C1. The van der Waals surface area contributed by atoms with Gasteiger partial charge in [0, 0.05) is 25.7 Å². The molecule has 2 saturated heterocycles. The summed E-state index contributed by atoms with van der Waals surface area (Å²) < 4.78 is 19.0. The second-order valence-corrected chi connectivity index (χ2v) is 9.61. The lowest BCUT2D eigenvalue weighted by molar-refractivity contribution is -0.145. The summed E-state index contributed by atoms with van der Waals surface area (Å²) in [4.78, 5) is 26.3. The van der Waals surface area contributed by atoms with Gasteiger partial charge in [-0.15, -0.1) is 0 Å². The molecule has 1 aromatic carbocycles. The van der Waals surface area contributed by atoms with E-state index in [1.165, 1.54) is 12.1 Å². The van der Waals surface area contributed by atoms with Gasteiger partial charge in [0.15, 0.2) is 0 Å². The molecule has 3 fully saturated rings. The fraction of sp³-hybridized carbons (Fsp3) is 0.667. The number of aromatic nitrogens is 2. The Bertz CT molecular complexity index is 959. The van der Waals surface area contributed by atoms with Gasteiger partial charge in [0.05, 0.1) is 36.2 Å². The van der Waals surface area contributed by atoms with E-state index in [9.17, 15) is 9.18 Å². The molecule has 3 aliphatic rings. The van der Waals surface area contributed by atoms with E-state index in [2.05, 4.69) is 32.0 Å². The number of hydrogen-bond donors (Lipinski definition) is 2. The largest absolute Gasteiger partial charge is 0.379 e. The molecule has 1 saturated carbocycles. The summed E-state index contributed by atoms with van der Waals surface area (Å²) in [5.74, 6) is 0.916. The van der Waals surface area contributed by atoms with Crippen molar-refractivity contribution in [2.45, 2.75) is 45.2 Å². The lowest BCUT2D eigenvalue weighted by Gasteiger charge is -2.53. The minimum Gasteiger partial charge on any atom is -0.379 e. The summed E-state index contributed by atoms with van der Waals surface area (Å²) in [5.41, 5.74) is 1.04. The summed E-state index contributed by atoms with van der Waals surface area (Å²) in [6.45, 7) is 9.04. The number of likely N-dealkylation sites (tertiary alicyclic amines) is 1. The molecular weight excluding hydrogens is 409 g/mol. The van der Waals surface area contributed by atoms with E-state index in [1.807, 2.05) is 0 Å². The van der Waals surface area contributed by atoms with E-state index in [4.69, 9.17) is 4.74 Å². The van der Waals surface area contributed by atoms with Crippen molar-refractivity contribution >= 4 is 16.9 Å². The number of aromatic amines is 1. The first kappa shape index (κ1) is 21.8. The maximum absolute atomic E-state index is 13.7. The van der Waals surface area contributed by atoms with Crippen LogP contribution in [0.25, 0.3) is 11.0 Å². The molecule has 0 spiro atoms. The van der Waals surface area contributed by atoms with Crippen LogP contribution in [0.4, 0.5) is 4.39 Å². The quantitative estimate of drug-likeness (QED) is 0.743. The summed E-state index contributed by atoms with van der Waals surface area (Å²) in [6.07, 6.45) is 4.15. The molecule has 1 amide bonds. The van der Waals surface area contributed by atoms with E-state index in [1.54, 1.807) is 6.07 Å². The Balaban J connectivity index is 1.30. The fourth-order valence-electron chi connectivity index (χ4n) is 6.09. The van der Waals surface area contributed by atoms with Crippen LogP contribution in [0.1, 0.15) is 38.4 Å². The lowest BCUT2D eigenvalue weighted by Crippen LogP contribution is -2.60. The highest BCUT2D eigenvalue weighted by molar-refractivity contribution is 5.83. The minimum atomic E-state index is -0.338. The number of rotatable bonds is 5. The molecule has 2 aromatic rings. The van der Waals surface area contributed by atoms with Gasteiger partial charge in [-0.3, -0.25) is 9.69 Å². The van der Waals surface area contributed by atoms with Crippen LogP contribution in [-0.2, 0) is 16.1 Å². The van der Waals surface area contributed by atoms with Crippen molar-refractivity contribution in [3.8, 4) is 0 Å². The Morgan fingerprint density at radius 3 is 2.97 bits per heavy atom. The standard InChI is InChI=1S/C24H34FN5O2/c1-2-29-8-6-17-13-19(30-9-11-32-12-10-30)5-7-24(17,16-29)23(31)26-15-22-27-20-4-3-18(25)14-21(20)28-22/h3-4,14,17,19H,2,5-13,15-16H2,1H3,(H,26,31)(H,27,28)/t17-,19+,24-/m1/s1. The van der Waals surface area contributed by atoms with E-state index in [0.29, 0.717) is 35.4 Å². The second kappa shape index (κ2) is 9.08. The number of morpholine rings is 1. The molecule has 1 aliphatic carbocycles. The number of imidazole rings is 1. The zero-order valence-electron chi connectivity index (χ0n) is 18.9. The molecule has 5 rings (SSSR count). The maximum atomic E-state index is 13.7. The van der Waals surface area contributed by atoms with Gasteiger partial charge in [0.25, 0.3) is 0 Å².